The molecule has 2 aromatic carbocycles. The Morgan fingerprint density at radius 2 is 1.96 bits per heavy atom. The Balaban J connectivity index is 1.50. The predicted molar refractivity (Wildman–Crippen MR) is 90.4 cm³/mol. The summed E-state index contributed by atoms with van der Waals surface area (Å²) >= 11 is 0. The van der Waals surface area contributed by atoms with Crippen molar-refractivity contribution < 1.29 is 9.90 Å². The molecule has 2 saturated heterocycles. The maximum Gasteiger partial charge on any atom is 0.254 e. The lowest BCUT2D eigenvalue weighted by atomic mass is 9.84. The average Bonchev–Trinajstić information content (AvgIpc) is 2.89. The van der Waals surface area contributed by atoms with Gasteiger partial charge in [0.05, 0.1) is 5.54 Å². The fourth-order valence-electron chi connectivity index (χ4n) is 4.14. The maximum atomic E-state index is 12.7. The highest BCUT2D eigenvalue weighted by molar-refractivity contribution is 5.99. The quantitative estimate of drug-likeness (QED) is 0.922. The molecular weight excluding hydrogens is 288 g/mol. The van der Waals surface area contributed by atoms with Crippen molar-refractivity contribution in [1.82, 2.24) is 9.80 Å². The third-order valence-electron chi connectivity index (χ3n) is 5.52. The third-order valence-corrected chi connectivity index (χ3v) is 5.52. The van der Waals surface area contributed by atoms with E-state index in [1.165, 1.54) is 0 Å². The number of hydrogen-bond donors (Lipinski definition) is 1. The predicted octanol–water partition coefficient (Wildman–Crippen LogP) is 1.98. The van der Waals surface area contributed by atoms with Crippen LogP contribution in [0.1, 0.15) is 16.8 Å². The zero-order valence-electron chi connectivity index (χ0n) is 13.4. The molecule has 4 rings (SSSR count). The molecule has 4 heteroatoms. The molecule has 4 nitrogen and oxygen atoms in total. The first-order chi connectivity index (χ1) is 11.1. The van der Waals surface area contributed by atoms with Gasteiger partial charge in [-0.3, -0.25) is 9.69 Å². The van der Waals surface area contributed by atoms with Gasteiger partial charge in [-0.1, -0.05) is 30.3 Å². The molecule has 23 heavy (non-hydrogen) atoms. The molecule has 0 radical (unpaired) electrons. The van der Waals surface area contributed by atoms with Gasteiger partial charge in [0.25, 0.3) is 5.91 Å². The van der Waals surface area contributed by atoms with Gasteiger partial charge in [-0.2, -0.15) is 0 Å². The highest BCUT2D eigenvalue weighted by atomic mass is 16.3. The van der Waals surface area contributed by atoms with Crippen LogP contribution in [0.4, 0.5) is 0 Å². The van der Waals surface area contributed by atoms with E-state index in [1.54, 1.807) is 0 Å². The number of aliphatic hydroxyl groups excluding tert-OH is 1. The van der Waals surface area contributed by atoms with E-state index in [9.17, 15) is 9.90 Å². The molecule has 1 amide bonds. The first-order valence-corrected chi connectivity index (χ1v) is 8.21. The van der Waals surface area contributed by atoms with Crippen molar-refractivity contribution in [3.63, 3.8) is 0 Å². The molecule has 0 aliphatic carbocycles. The van der Waals surface area contributed by atoms with Crippen LogP contribution in [0.25, 0.3) is 10.8 Å². The first kappa shape index (κ1) is 14.7. The van der Waals surface area contributed by atoms with Gasteiger partial charge in [-0.15, -0.1) is 0 Å². The molecule has 1 N–H and O–H groups in total. The lowest BCUT2D eigenvalue weighted by molar-refractivity contribution is -0.00773. The van der Waals surface area contributed by atoms with Gasteiger partial charge in [0.15, 0.2) is 0 Å². The highest BCUT2D eigenvalue weighted by Gasteiger charge is 2.52. The molecule has 0 bridgehead atoms. The van der Waals surface area contributed by atoms with Gasteiger partial charge in [0.1, 0.15) is 0 Å². The SMILES string of the molecule is CN1C[C@@H](CO)CC12CN(C(=O)c1ccc3ccccc3c1)C2. The number of likely N-dealkylation sites (N-methyl/N-ethyl adjacent to an activating group) is 1. The summed E-state index contributed by atoms with van der Waals surface area (Å²) in [7, 11) is 2.10. The van der Waals surface area contributed by atoms with E-state index in [2.05, 4.69) is 18.0 Å². The van der Waals surface area contributed by atoms with Crippen molar-refractivity contribution in [2.75, 3.05) is 33.3 Å². The van der Waals surface area contributed by atoms with Crippen LogP contribution in [0.15, 0.2) is 42.5 Å². The standard InChI is InChI=1S/C19H22N2O2/c1-20-10-14(11-22)9-19(20)12-21(13-19)18(23)17-7-6-15-4-2-3-5-16(15)8-17/h2-8,14,22H,9-13H2,1H3/t14-/m0/s1. The molecule has 1 atom stereocenters. The monoisotopic (exact) mass is 310 g/mol. The van der Waals surface area contributed by atoms with Crippen molar-refractivity contribution in [1.29, 1.82) is 0 Å². The molecule has 2 aliphatic rings. The van der Waals surface area contributed by atoms with Crippen molar-refractivity contribution in [3.8, 4) is 0 Å². The molecule has 0 aromatic heterocycles. The number of carbonyl (C=O) groups excluding carboxylic acids is 1. The summed E-state index contributed by atoms with van der Waals surface area (Å²) in [5.41, 5.74) is 0.845. The van der Waals surface area contributed by atoms with E-state index in [4.69, 9.17) is 0 Å². The van der Waals surface area contributed by atoms with Gasteiger partial charge in [-0.05, 0) is 42.3 Å². The largest absolute Gasteiger partial charge is 0.396 e. The minimum Gasteiger partial charge on any atom is -0.396 e. The van der Waals surface area contributed by atoms with Gasteiger partial charge in [0.2, 0.25) is 0 Å². The molecule has 0 unspecified atom stereocenters. The summed E-state index contributed by atoms with van der Waals surface area (Å²) in [5.74, 6) is 0.458. The van der Waals surface area contributed by atoms with Crippen LogP contribution in [0.5, 0.6) is 0 Å². The second-order valence-corrected chi connectivity index (χ2v) is 7.08. The average molecular weight is 310 g/mol. The number of rotatable bonds is 2. The summed E-state index contributed by atoms with van der Waals surface area (Å²) < 4.78 is 0. The number of likely N-dealkylation sites (tertiary alicyclic amines) is 2. The summed E-state index contributed by atoms with van der Waals surface area (Å²) in [6, 6.07) is 14.0. The lowest BCUT2D eigenvalue weighted by Crippen LogP contribution is -2.68. The molecule has 2 aliphatic heterocycles. The Hall–Kier alpha value is -1.91. The lowest BCUT2D eigenvalue weighted by Gasteiger charge is -2.52. The topological polar surface area (TPSA) is 43.8 Å². The number of benzene rings is 2. The Morgan fingerprint density at radius 3 is 2.65 bits per heavy atom. The Labute approximate surface area is 136 Å². The number of aliphatic hydroxyl groups is 1. The fraction of sp³-hybridized carbons (Fsp3) is 0.421. The van der Waals surface area contributed by atoms with E-state index < -0.39 is 0 Å². The fourth-order valence-corrected chi connectivity index (χ4v) is 4.14. The summed E-state index contributed by atoms with van der Waals surface area (Å²) in [4.78, 5) is 17.0. The number of fused-ring (bicyclic) bond motifs is 1. The van der Waals surface area contributed by atoms with Gasteiger partial charge >= 0.3 is 0 Å². The van der Waals surface area contributed by atoms with Crippen molar-refractivity contribution in [3.05, 3.63) is 48.0 Å². The van der Waals surface area contributed by atoms with E-state index in [0.29, 0.717) is 5.92 Å². The number of carbonyl (C=O) groups is 1. The first-order valence-electron chi connectivity index (χ1n) is 8.21. The zero-order valence-corrected chi connectivity index (χ0v) is 13.4. The molecule has 2 aromatic rings. The molecule has 2 heterocycles. The molecular formula is C19H22N2O2. The summed E-state index contributed by atoms with van der Waals surface area (Å²) in [6.07, 6.45) is 0.988. The van der Waals surface area contributed by atoms with Gasteiger partial charge < -0.3 is 10.0 Å². The highest BCUT2D eigenvalue weighted by Crippen LogP contribution is 2.39. The smallest absolute Gasteiger partial charge is 0.254 e. The van der Waals surface area contributed by atoms with Gasteiger partial charge in [0, 0.05) is 31.8 Å². The van der Waals surface area contributed by atoms with Crippen molar-refractivity contribution in [2.45, 2.75) is 12.0 Å². The Kier molecular flexibility index (Phi) is 3.39. The second-order valence-electron chi connectivity index (χ2n) is 7.08. The normalized spacial score (nSPS) is 23.4. The van der Waals surface area contributed by atoms with Crippen molar-refractivity contribution in [2.24, 2.45) is 5.92 Å². The van der Waals surface area contributed by atoms with Crippen LogP contribution in [0, 0.1) is 5.92 Å². The van der Waals surface area contributed by atoms with E-state index in [1.807, 2.05) is 41.3 Å². The van der Waals surface area contributed by atoms with Crippen LogP contribution in [0.3, 0.4) is 0 Å². The number of hydrogen-bond acceptors (Lipinski definition) is 3. The molecule has 0 saturated carbocycles. The van der Waals surface area contributed by atoms with Crippen LogP contribution >= 0.6 is 0 Å². The summed E-state index contributed by atoms with van der Waals surface area (Å²) in [6.45, 7) is 2.70. The van der Waals surface area contributed by atoms with Crippen molar-refractivity contribution >= 4 is 16.7 Å². The van der Waals surface area contributed by atoms with E-state index >= 15 is 0 Å². The third kappa shape index (κ3) is 2.33. The zero-order chi connectivity index (χ0) is 16.0. The van der Waals surface area contributed by atoms with E-state index in [0.717, 1.165) is 42.4 Å². The Bertz CT molecular complexity index is 752. The maximum absolute atomic E-state index is 12.7. The minimum atomic E-state index is 0.0832. The minimum absolute atomic E-state index is 0.0832. The van der Waals surface area contributed by atoms with Crippen LogP contribution in [0.2, 0.25) is 0 Å². The number of nitrogens with zero attached hydrogens (tertiary/aromatic N) is 2. The summed E-state index contributed by atoms with van der Waals surface area (Å²) in [5, 5.41) is 11.6. The molecule has 2 fully saturated rings. The molecule has 120 valence electrons. The molecule has 1 spiro atoms. The Morgan fingerprint density at radius 1 is 1.22 bits per heavy atom. The van der Waals surface area contributed by atoms with E-state index in [-0.39, 0.29) is 18.1 Å². The van der Waals surface area contributed by atoms with Gasteiger partial charge in [-0.25, -0.2) is 0 Å². The van der Waals surface area contributed by atoms with Crippen LogP contribution in [-0.4, -0.2) is 59.6 Å². The van der Waals surface area contributed by atoms with Crippen LogP contribution < -0.4 is 0 Å². The second kappa shape index (κ2) is 5.32. The van der Waals surface area contributed by atoms with Crippen LogP contribution in [-0.2, 0) is 0 Å². The number of amides is 1.